The highest BCUT2D eigenvalue weighted by molar-refractivity contribution is 7.93. The summed E-state index contributed by atoms with van der Waals surface area (Å²) in [6.07, 6.45) is -3.21. The maximum atomic E-state index is 12.6. The Bertz CT molecular complexity index is 1340. The Morgan fingerprint density at radius 3 is 2.66 bits per heavy atom. The number of aromatic nitrogens is 1. The zero-order valence-corrected chi connectivity index (χ0v) is 19.3. The largest absolute Gasteiger partial charge is 0.490 e. The van der Waals surface area contributed by atoms with Crippen LogP contribution in [0.4, 0.5) is 29.7 Å². The van der Waals surface area contributed by atoms with Crippen molar-refractivity contribution in [3.8, 4) is 11.8 Å². The van der Waals surface area contributed by atoms with Crippen LogP contribution < -0.4 is 14.4 Å². The number of thiazole rings is 1. The predicted molar refractivity (Wildman–Crippen MR) is 121 cm³/mol. The molecule has 184 valence electrons. The zero-order chi connectivity index (χ0) is 25.6. The number of benzene rings is 2. The second-order valence-electron chi connectivity index (χ2n) is 6.88. The fraction of sp³-hybridized carbons (Fsp3) is 0.190. The van der Waals surface area contributed by atoms with E-state index in [1.807, 2.05) is 24.3 Å². The molecular weight excluding hydrogens is 509 g/mol. The molecule has 0 saturated heterocycles. The van der Waals surface area contributed by atoms with Gasteiger partial charge in [0.05, 0.1) is 29.6 Å². The summed E-state index contributed by atoms with van der Waals surface area (Å²) in [5, 5.41) is 18.1. The lowest BCUT2D eigenvalue weighted by Gasteiger charge is -2.31. The standard InChI is InChI=1S/C19H16N4O3S2.C2HF3O2/c20-7-6-14-2-1-3-15(12-14)23-9-10-26-18-13-16(4-5-17(18)23)28(24,25)22-19-21-8-11-27-19;3-2(4,5)1(6)7/h1-5,8,11-13H,6,9-10H2,(H,21,22);(H,6,7). The molecule has 1 aliphatic heterocycles. The van der Waals surface area contributed by atoms with Crippen molar-refractivity contribution in [1.29, 1.82) is 5.26 Å². The number of carbonyl (C=O) groups is 1. The molecule has 1 aliphatic rings. The van der Waals surface area contributed by atoms with Gasteiger partial charge in [-0.1, -0.05) is 12.1 Å². The number of carboxylic acid groups (broad SMARTS) is 1. The van der Waals surface area contributed by atoms with Crippen molar-refractivity contribution in [1.82, 2.24) is 4.98 Å². The Morgan fingerprint density at radius 2 is 2.03 bits per heavy atom. The average molecular weight is 527 g/mol. The number of halogens is 3. The van der Waals surface area contributed by atoms with Crippen LogP contribution in [-0.2, 0) is 21.2 Å². The number of ether oxygens (including phenoxy) is 1. The number of rotatable bonds is 5. The molecule has 2 N–H and O–H groups in total. The fourth-order valence-corrected chi connectivity index (χ4v) is 4.81. The number of alkyl halides is 3. The number of hydrogen-bond acceptors (Lipinski definition) is 8. The minimum absolute atomic E-state index is 0.113. The van der Waals surface area contributed by atoms with Gasteiger partial charge in [0.2, 0.25) is 0 Å². The van der Waals surface area contributed by atoms with E-state index in [-0.39, 0.29) is 4.90 Å². The van der Waals surface area contributed by atoms with Crippen LogP contribution in [0.3, 0.4) is 0 Å². The Morgan fingerprint density at radius 1 is 1.29 bits per heavy atom. The topological polar surface area (TPSA) is 133 Å². The summed E-state index contributed by atoms with van der Waals surface area (Å²) in [5.74, 6) is -2.26. The van der Waals surface area contributed by atoms with E-state index in [9.17, 15) is 21.6 Å². The van der Waals surface area contributed by atoms with Gasteiger partial charge in [-0.25, -0.2) is 18.2 Å². The van der Waals surface area contributed by atoms with Gasteiger partial charge < -0.3 is 14.7 Å². The minimum atomic E-state index is -5.08. The lowest BCUT2D eigenvalue weighted by molar-refractivity contribution is -0.192. The lowest BCUT2D eigenvalue weighted by atomic mass is 10.1. The van der Waals surface area contributed by atoms with Gasteiger partial charge >= 0.3 is 12.1 Å². The molecule has 0 radical (unpaired) electrons. The van der Waals surface area contributed by atoms with E-state index in [0.29, 0.717) is 30.5 Å². The van der Waals surface area contributed by atoms with Gasteiger partial charge in [-0.3, -0.25) is 4.72 Å². The molecule has 0 amide bonds. The van der Waals surface area contributed by atoms with Gasteiger partial charge in [0.15, 0.2) is 5.13 Å². The maximum absolute atomic E-state index is 12.6. The van der Waals surface area contributed by atoms with Crippen LogP contribution in [0.2, 0.25) is 0 Å². The number of fused-ring (bicyclic) bond motifs is 1. The Balaban J connectivity index is 0.000000429. The molecule has 0 atom stereocenters. The van der Waals surface area contributed by atoms with Crippen LogP contribution in [0.1, 0.15) is 5.56 Å². The predicted octanol–water partition coefficient (Wildman–Crippen LogP) is 4.17. The fourth-order valence-electron chi connectivity index (χ4n) is 3.01. The van der Waals surface area contributed by atoms with Crippen LogP contribution in [-0.4, -0.2) is 43.8 Å². The first-order valence-corrected chi connectivity index (χ1v) is 12.1. The average Bonchev–Trinajstić information content (AvgIpc) is 3.31. The Hall–Kier alpha value is -3.83. The zero-order valence-electron chi connectivity index (χ0n) is 17.7. The highest BCUT2D eigenvalue weighted by atomic mass is 32.2. The van der Waals surface area contributed by atoms with E-state index in [1.54, 1.807) is 17.5 Å². The molecule has 2 aromatic carbocycles. The first-order chi connectivity index (χ1) is 16.5. The molecule has 3 aromatic rings. The monoisotopic (exact) mass is 526 g/mol. The molecule has 0 saturated carbocycles. The highest BCUT2D eigenvalue weighted by Crippen LogP contribution is 2.38. The third kappa shape index (κ3) is 6.61. The van der Waals surface area contributed by atoms with Gasteiger partial charge in [0, 0.05) is 23.3 Å². The van der Waals surface area contributed by atoms with Crippen molar-refractivity contribution < 1.29 is 36.2 Å². The molecule has 4 rings (SSSR count). The lowest BCUT2D eigenvalue weighted by Crippen LogP contribution is -2.28. The molecule has 35 heavy (non-hydrogen) atoms. The number of nitrogens with zero attached hydrogens (tertiary/aromatic N) is 3. The van der Waals surface area contributed by atoms with Crippen LogP contribution in [0.15, 0.2) is 58.9 Å². The molecule has 0 bridgehead atoms. The number of nitriles is 1. The second kappa shape index (κ2) is 10.6. The quantitative estimate of drug-likeness (QED) is 0.506. The highest BCUT2D eigenvalue weighted by Gasteiger charge is 2.38. The van der Waals surface area contributed by atoms with Gasteiger partial charge in [-0.05, 0) is 29.8 Å². The van der Waals surface area contributed by atoms with Crippen molar-refractivity contribution >= 4 is 43.8 Å². The molecule has 0 aliphatic carbocycles. The van der Waals surface area contributed by atoms with E-state index in [2.05, 4.69) is 20.7 Å². The van der Waals surface area contributed by atoms with Gasteiger partial charge in [-0.15, -0.1) is 11.3 Å². The third-order valence-electron chi connectivity index (χ3n) is 4.51. The summed E-state index contributed by atoms with van der Waals surface area (Å²) in [6.45, 7) is 1.06. The summed E-state index contributed by atoms with van der Waals surface area (Å²) in [4.78, 5) is 15.0. The van der Waals surface area contributed by atoms with Crippen LogP contribution >= 0.6 is 11.3 Å². The molecule has 9 nitrogen and oxygen atoms in total. The van der Waals surface area contributed by atoms with Crippen LogP contribution in [0, 0.1) is 11.3 Å². The van der Waals surface area contributed by atoms with Crippen molar-refractivity contribution in [3.05, 3.63) is 59.6 Å². The molecule has 0 fully saturated rings. The van der Waals surface area contributed by atoms with E-state index in [1.165, 1.54) is 23.6 Å². The van der Waals surface area contributed by atoms with Gasteiger partial charge in [0.1, 0.15) is 12.4 Å². The van der Waals surface area contributed by atoms with Crippen LogP contribution in [0.5, 0.6) is 5.75 Å². The molecule has 14 heteroatoms. The first-order valence-electron chi connectivity index (χ1n) is 9.74. The summed E-state index contributed by atoms with van der Waals surface area (Å²) >= 11 is 1.21. The van der Waals surface area contributed by atoms with E-state index in [4.69, 9.17) is 19.9 Å². The molecule has 2 heterocycles. The second-order valence-corrected chi connectivity index (χ2v) is 9.46. The van der Waals surface area contributed by atoms with E-state index < -0.39 is 22.2 Å². The summed E-state index contributed by atoms with van der Waals surface area (Å²) < 4.78 is 65.1. The normalized spacial score (nSPS) is 12.9. The first kappa shape index (κ1) is 25.8. The smallest absolute Gasteiger partial charge is 0.489 e. The molecular formula is C21H17F3N4O5S2. The Labute approximate surface area is 202 Å². The third-order valence-corrected chi connectivity index (χ3v) is 6.66. The summed E-state index contributed by atoms with van der Waals surface area (Å²) in [5.41, 5.74) is 2.65. The van der Waals surface area contributed by atoms with Crippen molar-refractivity contribution in [2.24, 2.45) is 0 Å². The summed E-state index contributed by atoms with van der Waals surface area (Å²) in [7, 11) is -3.75. The SMILES string of the molecule is N#CCc1cccc(N2CCOc3cc(S(=O)(=O)Nc4nccs4)ccc32)c1.O=C(O)C(F)(F)F. The van der Waals surface area contributed by atoms with Crippen molar-refractivity contribution in [2.75, 3.05) is 22.8 Å². The minimum Gasteiger partial charge on any atom is -0.489 e. The number of sulfonamides is 1. The number of nitrogens with one attached hydrogen (secondary N) is 1. The van der Waals surface area contributed by atoms with Crippen molar-refractivity contribution in [3.63, 3.8) is 0 Å². The maximum Gasteiger partial charge on any atom is 0.490 e. The number of anilines is 3. The Kier molecular flexibility index (Phi) is 7.82. The van der Waals surface area contributed by atoms with Crippen LogP contribution in [0.25, 0.3) is 0 Å². The van der Waals surface area contributed by atoms with E-state index >= 15 is 0 Å². The number of aliphatic carboxylic acids is 1. The van der Waals surface area contributed by atoms with E-state index in [0.717, 1.165) is 16.9 Å². The van der Waals surface area contributed by atoms with Crippen molar-refractivity contribution in [2.45, 2.75) is 17.5 Å². The van der Waals surface area contributed by atoms with Gasteiger partial charge in [0.25, 0.3) is 10.0 Å². The molecule has 0 unspecified atom stereocenters. The number of carboxylic acids is 1. The summed E-state index contributed by atoms with van der Waals surface area (Å²) in [6, 6.07) is 14.7. The molecule has 0 spiro atoms. The number of hydrogen-bond donors (Lipinski definition) is 2. The van der Waals surface area contributed by atoms with Gasteiger partial charge in [-0.2, -0.15) is 18.4 Å². The molecule has 1 aromatic heterocycles.